The molecule has 0 aromatic heterocycles. The van der Waals surface area contributed by atoms with E-state index in [2.05, 4.69) is 10.7 Å². The van der Waals surface area contributed by atoms with Crippen molar-refractivity contribution in [1.82, 2.24) is 16.2 Å². The molecule has 1 aliphatic heterocycles. The maximum absolute atomic E-state index is 11.0. The van der Waals surface area contributed by atoms with Crippen LogP contribution in [0.2, 0.25) is 0 Å². The number of amides is 3. The van der Waals surface area contributed by atoms with Gasteiger partial charge < -0.3 is 5.32 Å². The van der Waals surface area contributed by atoms with Gasteiger partial charge in [-0.25, -0.2) is 0 Å². The third kappa shape index (κ3) is 1.94. The Morgan fingerprint density at radius 3 is 2.92 bits per heavy atom. The van der Waals surface area contributed by atoms with Crippen molar-refractivity contribution in [2.24, 2.45) is 0 Å². The SMILES string of the molecule is O=CNNC(=O)C1CCC(=O)N1. The van der Waals surface area contributed by atoms with Crippen molar-refractivity contribution in [3.63, 3.8) is 0 Å². The van der Waals surface area contributed by atoms with Crippen molar-refractivity contribution in [1.29, 1.82) is 0 Å². The van der Waals surface area contributed by atoms with Crippen molar-refractivity contribution in [3.8, 4) is 0 Å². The highest BCUT2D eigenvalue weighted by molar-refractivity contribution is 5.90. The second kappa shape index (κ2) is 3.70. The first-order chi connectivity index (χ1) is 5.74. The molecule has 0 aromatic carbocycles. The van der Waals surface area contributed by atoms with Crippen LogP contribution in [-0.4, -0.2) is 24.3 Å². The van der Waals surface area contributed by atoms with Gasteiger partial charge in [-0.15, -0.1) is 0 Å². The number of nitrogens with one attached hydrogen (secondary N) is 3. The van der Waals surface area contributed by atoms with E-state index in [0.29, 0.717) is 19.3 Å². The maximum atomic E-state index is 11.0. The van der Waals surface area contributed by atoms with Crippen LogP contribution in [-0.2, 0) is 14.4 Å². The molecule has 3 amide bonds. The molecule has 1 atom stereocenters. The van der Waals surface area contributed by atoms with Crippen molar-refractivity contribution in [2.45, 2.75) is 18.9 Å². The summed E-state index contributed by atoms with van der Waals surface area (Å²) >= 11 is 0. The van der Waals surface area contributed by atoms with Crippen LogP contribution in [0.15, 0.2) is 0 Å². The highest BCUT2D eigenvalue weighted by Crippen LogP contribution is 2.05. The molecule has 3 N–H and O–H groups in total. The third-order valence-electron chi connectivity index (χ3n) is 1.57. The molecule has 0 aromatic rings. The first-order valence-electron chi connectivity index (χ1n) is 3.52. The molecule has 66 valence electrons. The van der Waals surface area contributed by atoms with Crippen LogP contribution >= 0.6 is 0 Å². The average molecular weight is 171 g/mol. The molecular formula is C6H9N3O3. The highest BCUT2D eigenvalue weighted by Gasteiger charge is 2.26. The molecule has 0 radical (unpaired) electrons. The van der Waals surface area contributed by atoms with Gasteiger partial charge in [0.1, 0.15) is 6.04 Å². The molecule has 1 heterocycles. The molecule has 1 rings (SSSR count). The molecule has 6 heteroatoms. The molecule has 1 aliphatic rings. The Morgan fingerprint density at radius 2 is 2.42 bits per heavy atom. The zero-order chi connectivity index (χ0) is 8.97. The second-order valence-corrected chi connectivity index (χ2v) is 2.41. The van der Waals surface area contributed by atoms with Gasteiger partial charge in [0.2, 0.25) is 12.3 Å². The molecule has 6 nitrogen and oxygen atoms in total. The molecule has 1 saturated heterocycles. The quantitative estimate of drug-likeness (QED) is 0.340. The van der Waals surface area contributed by atoms with Gasteiger partial charge in [0.05, 0.1) is 0 Å². The first-order valence-corrected chi connectivity index (χ1v) is 3.52. The monoisotopic (exact) mass is 171 g/mol. The Labute approximate surface area is 68.7 Å². The predicted octanol–water partition coefficient (Wildman–Crippen LogP) is -1.96. The topological polar surface area (TPSA) is 87.3 Å². The smallest absolute Gasteiger partial charge is 0.260 e. The number of hydrogen-bond donors (Lipinski definition) is 3. The van der Waals surface area contributed by atoms with Gasteiger partial charge in [0.15, 0.2) is 0 Å². The lowest BCUT2D eigenvalue weighted by Crippen LogP contribution is -2.47. The zero-order valence-corrected chi connectivity index (χ0v) is 6.29. The summed E-state index contributed by atoms with van der Waals surface area (Å²) in [5.41, 5.74) is 4.13. The van der Waals surface area contributed by atoms with Crippen LogP contribution in [0.25, 0.3) is 0 Å². The lowest BCUT2D eigenvalue weighted by atomic mass is 10.2. The molecule has 0 spiro atoms. The van der Waals surface area contributed by atoms with Gasteiger partial charge in [-0.3, -0.25) is 25.2 Å². The van der Waals surface area contributed by atoms with E-state index in [1.54, 1.807) is 0 Å². The summed E-state index contributed by atoms with van der Waals surface area (Å²) in [5, 5.41) is 2.46. The van der Waals surface area contributed by atoms with Gasteiger partial charge in [-0.1, -0.05) is 0 Å². The fourth-order valence-corrected chi connectivity index (χ4v) is 0.998. The van der Waals surface area contributed by atoms with Crippen molar-refractivity contribution in [3.05, 3.63) is 0 Å². The molecular weight excluding hydrogens is 162 g/mol. The summed E-state index contributed by atoms with van der Waals surface area (Å²) in [4.78, 5) is 31.4. The Bertz CT molecular complexity index is 216. The normalized spacial score (nSPS) is 21.3. The van der Waals surface area contributed by atoms with E-state index >= 15 is 0 Å². The van der Waals surface area contributed by atoms with E-state index < -0.39 is 11.9 Å². The van der Waals surface area contributed by atoms with E-state index in [9.17, 15) is 14.4 Å². The Kier molecular flexibility index (Phi) is 2.62. The largest absolute Gasteiger partial charge is 0.344 e. The number of carbonyl (C=O) groups excluding carboxylic acids is 3. The minimum atomic E-state index is -0.509. The van der Waals surface area contributed by atoms with Crippen molar-refractivity contribution < 1.29 is 14.4 Å². The molecule has 0 bridgehead atoms. The predicted molar refractivity (Wildman–Crippen MR) is 38.5 cm³/mol. The van der Waals surface area contributed by atoms with Crippen LogP contribution in [0.3, 0.4) is 0 Å². The van der Waals surface area contributed by atoms with E-state index in [4.69, 9.17) is 0 Å². The number of hydrazine groups is 1. The van der Waals surface area contributed by atoms with Crippen LogP contribution < -0.4 is 16.2 Å². The van der Waals surface area contributed by atoms with Gasteiger partial charge in [-0.2, -0.15) is 0 Å². The summed E-state index contributed by atoms with van der Waals surface area (Å²) in [7, 11) is 0. The zero-order valence-electron chi connectivity index (χ0n) is 6.29. The number of hydrogen-bond acceptors (Lipinski definition) is 3. The van der Waals surface area contributed by atoms with Gasteiger partial charge in [0, 0.05) is 6.42 Å². The standard InChI is InChI=1S/C6H9N3O3/c10-3-7-9-6(12)4-1-2-5(11)8-4/h3-4H,1-2H2,(H,7,10)(H,8,11)(H,9,12). The lowest BCUT2D eigenvalue weighted by molar-refractivity contribution is -0.127. The molecule has 12 heavy (non-hydrogen) atoms. The minimum absolute atomic E-state index is 0.138. The summed E-state index contributed by atoms with van der Waals surface area (Å²) < 4.78 is 0. The summed E-state index contributed by atoms with van der Waals surface area (Å²) in [6.07, 6.45) is 1.19. The lowest BCUT2D eigenvalue weighted by Gasteiger charge is -2.08. The molecule has 1 unspecified atom stereocenters. The summed E-state index contributed by atoms with van der Waals surface area (Å²) in [6.45, 7) is 0. The van der Waals surface area contributed by atoms with E-state index in [1.165, 1.54) is 0 Å². The third-order valence-corrected chi connectivity index (χ3v) is 1.57. The highest BCUT2D eigenvalue weighted by atomic mass is 16.2. The fraction of sp³-hybridized carbons (Fsp3) is 0.500. The van der Waals surface area contributed by atoms with Crippen molar-refractivity contribution in [2.75, 3.05) is 0 Å². The molecule has 1 fully saturated rings. The van der Waals surface area contributed by atoms with E-state index in [-0.39, 0.29) is 5.91 Å². The molecule has 0 saturated carbocycles. The average Bonchev–Trinajstić information content (AvgIpc) is 2.47. The van der Waals surface area contributed by atoms with Gasteiger partial charge in [0.25, 0.3) is 5.91 Å². The van der Waals surface area contributed by atoms with Gasteiger partial charge >= 0.3 is 0 Å². The van der Waals surface area contributed by atoms with Crippen LogP contribution in [0.5, 0.6) is 0 Å². The summed E-state index contributed by atoms with van der Waals surface area (Å²) in [6, 6.07) is -0.509. The van der Waals surface area contributed by atoms with E-state index in [0.717, 1.165) is 0 Å². The van der Waals surface area contributed by atoms with E-state index in [1.807, 2.05) is 5.43 Å². The Hall–Kier alpha value is -1.59. The Balaban J connectivity index is 2.32. The van der Waals surface area contributed by atoms with Crippen molar-refractivity contribution >= 4 is 18.2 Å². The Morgan fingerprint density at radius 1 is 1.67 bits per heavy atom. The first kappa shape index (κ1) is 8.51. The summed E-state index contributed by atoms with van der Waals surface area (Å²) in [5.74, 6) is -0.533. The minimum Gasteiger partial charge on any atom is -0.344 e. The van der Waals surface area contributed by atoms with Gasteiger partial charge in [-0.05, 0) is 6.42 Å². The van der Waals surface area contributed by atoms with Crippen LogP contribution in [0.1, 0.15) is 12.8 Å². The molecule has 0 aliphatic carbocycles. The maximum Gasteiger partial charge on any atom is 0.260 e. The fourth-order valence-electron chi connectivity index (χ4n) is 0.998. The number of rotatable bonds is 3. The van der Waals surface area contributed by atoms with Crippen LogP contribution in [0, 0.1) is 0 Å². The number of carbonyl (C=O) groups is 3. The second-order valence-electron chi connectivity index (χ2n) is 2.41. The van der Waals surface area contributed by atoms with Crippen LogP contribution in [0.4, 0.5) is 0 Å².